The van der Waals surface area contributed by atoms with Crippen molar-refractivity contribution in [2.45, 2.75) is 18.4 Å². The molecule has 0 saturated heterocycles. The molecule has 0 radical (unpaired) electrons. The van der Waals surface area contributed by atoms with E-state index in [4.69, 9.17) is 0 Å². The van der Waals surface area contributed by atoms with Gasteiger partial charge < -0.3 is 0 Å². The number of hydrogen-bond acceptors (Lipinski definition) is 4. The molecule has 1 aromatic heterocycles. The van der Waals surface area contributed by atoms with Crippen molar-refractivity contribution in [3.8, 4) is 0 Å². The minimum absolute atomic E-state index is 0.00243. The summed E-state index contributed by atoms with van der Waals surface area (Å²) in [5.74, 6) is 0.0538. The van der Waals surface area contributed by atoms with Crippen LogP contribution in [-0.2, 0) is 21.3 Å². The second kappa shape index (κ2) is 5.50. The van der Waals surface area contributed by atoms with Crippen molar-refractivity contribution in [3.63, 3.8) is 0 Å². The zero-order valence-electron chi connectivity index (χ0n) is 9.76. The number of thiazole rings is 1. The summed E-state index contributed by atoms with van der Waals surface area (Å²) >= 11 is 4.82. The molecule has 1 aromatic carbocycles. The summed E-state index contributed by atoms with van der Waals surface area (Å²) in [5.41, 5.74) is 4.07. The fourth-order valence-corrected chi connectivity index (χ4v) is 4.20. The van der Waals surface area contributed by atoms with Gasteiger partial charge >= 0.3 is 0 Å². The number of hydrogen-bond donors (Lipinski definition) is 0. The maximum atomic E-state index is 12.1. The van der Waals surface area contributed by atoms with E-state index in [0.29, 0.717) is 5.69 Å². The Balaban J connectivity index is 2.20. The van der Waals surface area contributed by atoms with E-state index in [9.17, 15) is 8.42 Å². The SMILES string of the molecule is Cc1c(Br)cccc1CS(=O)(=O)Cc1cscn1. The van der Waals surface area contributed by atoms with Crippen LogP contribution in [0.1, 0.15) is 16.8 Å². The topological polar surface area (TPSA) is 47.0 Å². The first-order valence-corrected chi connectivity index (χ1v) is 8.85. The van der Waals surface area contributed by atoms with Crippen LogP contribution >= 0.6 is 27.3 Å². The van der Waals surface area contributed by atoms with Crippen LogP contribution in [-0.4, -0.2) is 13.4 Å². The van der Waals surface area contributed by atoms with Crippen LogP contribution in [0, 0.1) is 6.92 Å². The Morgan fingerprint density at radius 2 is 2.11 bits per heavy atom. The van der Waals surface area contributed by atoms with Gasteiger partial charge in [0.05, 0.1) is 22.7 Å². The minimum atomic E-state index is -3.17. The molecule has 0 N–H and O–H groups in total. The normalized spacial score (nSPS) is 11.7. The molecule has 2 rings (SSSR count). The highest BCUT2D eigenvalue weighted by Gasteiger charge is 2.16. The molecule has 2 aromatic rings. The lowest BCUT2D eigenvalue weighted by molar-refractivity contribution is 0.594. The lowest BCUT2D eigenvalue weighted by atomic mass is 10.1. The van der Waals surface area contributed by atoms with E-state index in [0.717, 1.165) is 15.6 Å². The number of sulfone groups is 1. The van der Waals surface area contributed by atoms with Crippen LogP contribution in [0.4, 0.5) is 0 Å². The van der Waals surface area contributed by atoms with E-state index in [1.165, 1.54) is 11.3 Å². The number of halogens is 1. The summed E-state index contributed by atoms with van der Waals surface area (Å²) in [4.78, 5) is 4.01. The molecule has 1 heterocycles. The van der Waals surface area contributed by atoms with Gasteiger partial charge in [0.1, 0.15) is 0 Å². The lowest BCUT2D eigenvalue weighted by Gasteiger charge is -2.07. The zero-order valence-corrected chi connectivity index (χ0v) is 13.0. The van der Waals surface area contributed by atoms with Crippen LogP contribution in [0.15, 0.2) is 33.6 Å². The van der Waals surface area contributed by atoms with Gasteiger partial charge in [-0.1, -0.05) is 28.1 Å². The summed E-state index contributed by atoms with van der Waals surface area (Å²) in [5, 5.41) is 1.77. The average Bonchev–Trinajstić information content (AvgIpc) is 2.76. The van der Waals surface area contributed by atoms with Crippen molar-refractivity contribution in [1.29, 1.82) is 0 Å². The molecular weight excluding hydrogens is 334 g/mol. The van der Waals surface area contributed by atoms with Crippen LogP contribution in [0.25, 0.3) is 0 Å². The molecule has 0 fully saturated rings. The second-order valence-corrected chi connectivity index (χ2v) is 7.67. The van der Waals surface area contributed by atoms with E-state index < -0.39 is 9.84 Å². The first-order valence-electron chi connectivity index (χ1n) is 5.29. The minimum Gasteiger partial charge on any atom is -0.249 e. The van der Waals surface area contributed by atoms with Gasteiger partial charge in [-0.25, -0.2) is 13.4 Å². The number of benzene rings is 1. The molecule has 0 aliphatic rings. The van der Waals surface area contributed by atoms with Gasteiger partial charge in [0.2, 0.25) is 0 Å². The Hall–Kier alpha value is -0.720. The highest BCUT2D eigenvalue weighted by molar-refractivity contribution is 9.10. The Kier molecular flexibility index (Phi) is 4.19. The quantitative estimate of drug-likeness (QED) is 0.853. The summed E-state index contributed by atoms with van der Waals surface area (Å²) < 4.78 is 25.1. The Labute approximate surface area is 119 Å². The molecule has 0 bridgehead atoms. The molecule has 0 amide bonds. The lowest BCUT2D eigenvalue weighted by Crippen LogP contribution is -2.09. The maximum absolute atomic E-state index is 12.1. The van der Waals surface area contributed by atoms with Crippen LogP contribution < -0.4 is 0 Å². The van der Waals surface area contributed by atoms with Crippen LogP contribution in [0.3, 0.4) is 0 Å². The molecular formula is C12H12BrNO2S2. The van der Waals surface area contributed by atoms with Crippen molar-refractivity contribution in [3.05, 3.63) is 50.4 Å². The van der Waals surface area contributed by atoms with Gasteiger partial charge in [0, 0.05) is 9.85 Å². The number of rotatable bonds is 4. The van der Waals surface area contributed by atoms with Crippen molar-refractivity contribution < 1.29 is 8.42 Å². The molecule has 18 heavy (non-hydrogen) atoms. The van der Waals surface area contributed by atoms with Gasteiger partial charge in [0.15, 0.2) is 9.84 Å². The van der Waals surface area contributed by atoms with E-state index in [1.54, 1.807) is 10.9 Å². The predicted octanol–water partition coefficient (Wildman–Crippen LogP) is 3.33. The summed E-state index contributed by atoms with van der Waals surface area (Å²) in [6.45, 7) is 1.91. The highest BCUT2D eigenvalue weighted by Crippen LogP contribution is 2.22. The van der Waals surface area contributed by atoms with Crippen molar-refractivity contribution in [2.24, 2.45) is 0 Å². The molecule has 6 heteroatoms. The standard InChI is InChI=1S/C12H12BrNO2S2/c1-9-10(3-2-4-12(9)13)6-18(15,16)7-11-5-17-8-14-11/h2-5,8H,6-7H2,1H3. The van der Waals surface area contributed by atoms with Gasteiger partial charge in [-0.2, -0.15) is 0 Å². The second-order valence-electron chi connectivity index (χ2n) is 4.04. The summed E-state index contributed by atoms with van der Waals surface area (Å²) in [6, 6.07) is 5.61. The number of aromatic nitrogens is 1. The largest absolute Gasteiger partial charge is 0.249 e. The third-order valence-corrected chi connectivity index (χ3v) is 5.59. The smallest absolute Gasteiger partial charge is 0.160 e. The average molecular weight is 346 g/mol. The molecule has 0 atom stereocenters. The molecule has 3 nitrogen and oxygen atoms in total. The molecule has 0 unspecified atom stereocenters. The fraction of sp³-hybridized carbons (Fsp3) is 0.250. The van der Waals surface area contributed by atoms with Gasteiger partial charge in [0.25, 0.3) is 0 Å². The molecule has 0 spiro atoms. The Morgan fingerprint density at radius 3 is 2.78 bits per heavy atom. The van der Waals surface area contributed by atoms with Gasteiger partial charge in [-0.3, -0.25) is 0 Å². The maximum Gasteiger partial charge on any atom is 0.160 e. The van der Waals surface area contributed by atoms with Gasteiger partial charge in [-0.15, -0.1) is 11.3 Å². The zero-order chi connectivity index (χ0) is 13.2. The Bertz CT molecular complexity index is 636. The van der Waals surface area contributed by atoms with Crippen LogP contribution in [0.2, 0.25) is 0 Å². The predicted molar refractivity (Wildman–Crippen MR) is 77.3 cm³/mol. The van der Waals surface area contributed by atoms with E-state index in [-0.39, 0.29) is 11.5 Å². The first kappa shape index (κ1) is 13.7. The molecule has 96 valence electrons. The molecule has 0 aliphatic carbocycles. The molecule has 0 saturated carbocycles. The third-order valence-electron chi connectivity index (χ3n) is 2.61. The van der Waals surface area contributed by atoms with E-state index >= 15 is 0 Å². The highest BCUT2D eigenvalue weighted by atomic mass is 79.9. The summed E-state index contributed by atoms with van der Waals surface area (Å²) in [6.07, 6.45) is 0. The van der Waals surface area contributed by atoms with Crippen LogP contribution in [0.5, 0.6) is 0 Å². The third kappa shape index (κ3) is 3.40. The van der Waals surface area contributed by atoms with E-state index in [2.05, 4.69) is 20.9 Å². The van der Waals surface area contributed by atoms with E-state index in [1.807, 2.05) is 25.1 Å². The van der Waals surface area contributed by atoms with Crippen molar-refractivity contribution >= 4 is 37.1 Å². The monoisotopic (exact) mass is 345 g/mol. The van der Waals surface area contributed by atoms with Gasteiger partial charge in [-0.05, 0) is 24.1 Å². The summed E-state index contributed by atoms with van der Waals surface area (Å²) in [7, 11) is -3.17. The van der Waals surface area contributed by atoms with Crippen molar-refractivity contribution in [2.75, 3.05) is 0 Å². The molecule has 0 aliphatic heterocycles. The first-order chi connectivity index (χ1) is 8.48. The van der Waals surface area contributed by atoms with Crippen molar-refractivity contribution in [1.82, 2.24) is 4.98 Å². The number of nitrogens with zero attached hydrogens (tertiary/aromatic N) is 1. The fourth-order valence-electron chi connectivity index (χ4n) is 1.63. The Morgan fingerprint density at radius 1 is 1.33 bits per heavy atom.